The quantitative estimate of drug-likeness (QED) is 0.134. The van der Waals surface area contributed by atoms with Crippen molar-refractivity contribution >= 4 is 17.7 Å². The number of amides is 2. The molecule has 1 aliphatic rings. The molecule has 2 amide bonds. The van der Waals surface area contributed by atoms with Crippen molar-refractivity contribution in [3.05, 3.63) is 168 Å². The van der Waals surface area contributed by atoms with Crippen LogP contribution in [0.2, 0.25) is 0 Å². The first kappa shape index (κ1) is 32.5. The van der Waals surface area contributed by atoms with Gasteiger partial charge in [0.25, 0.3) is 0 Å². The lowest BCUT2D eigenvalue weighted by molar-refractivity contribution is -0.134. The summed E-state index contributed by atoms with van der Waals surface area (Å²) in [6.07, 6.45) is -1.07. The molecule has 6 rings (SSSR count). The van der Waals surface area contributed by atoms with Gasteiger partial charge in [-0.05, 0) is 71.5 Å². The zero-order valence-corrected chi connectivity index (χ0v) is 26.3. The minimum absolute atomic E-state index is 0.0391. The van der Waals surface area contributed by atoms with Crippen molar-refractivity contribution in [2.45, 2.75) is 37.6 Å². The highest BCUT2D eigenvalue weighted by molar-refractivity contribution is 5.95. The Morgan fingerprint density at radius 1 is 0.812 bits per heavy atom. The second-order valence-corrected chi connectivity index (χ2v) is 11.8. The fraction of sp³-hybridized carbons (Fsp3) is 0.200. The normalized spacial score (nSPS) is 16.1. The van der Waals surface area contributed by atoms with Gasteiger partial charge in [0.2, 0.25) is 5.91 Å². The number of ether oxygens (including phenoxy) is 2. The van der Waals surface area contributed by atoms with E-state index in [-0.39, 0.29) is 25.3 Å². The Hall–Kier alpha value is -5.47. The van der Waals surface area contributed by atoms with Crippen molar-refractivity contribution in [3.63, 3.8) is 0 Å². The summed E-state index contributed by atoms with van der Waals surface area (Å²) in [6.45, 7) is 0.436. The zero-order chi connectivity index (χ0) is 33.3. The van der Waals surface area contributed by atoms with Gasteiger partial charge < -0.3 is 19.9 Å². The van der Waals surface area contributed by atoms with Gasteiger partial charge in [-0.2, -0.15) is 0 Å². The molecule has 1 fully saturated rings. The van der Waals surface area contributed by atoms with Crippen molar-refractivity contribution in [1.29, 1.82) is 0 Å². The molecule has 244 valence electrons. The molecule has 2 N–H and O–H groups in total. The van der Waals surface area contributed by atoms with Crippen LogP contribution in [0, 0.1) is 11.7 Å². The van der Waals surface area contributed by atoms with Gasteiger partial charge in [-0.25, -0.2) is 14.1 Å². The van der Waals surface area contributed by atoms with E-state index in [0.717, 1.165) is 22.3 Å². The van der Waals surface area contributed by atoms with Crippen molar-refractivity contribution in [2.75, 3.05) is 11.9 Å². The number of rotatable bonds is 13. The van der Waals surface area contributed by atoms with Crippen LogP contribution in [0.15, 0.2) is 140 Å². The van der Waals surface area contributed by atoms with Crippen molar-refractivity contribution in [2.24, 2.45) is 5.92 Å². The molecule has 5 aromatic rings. The van der Waals surface area contributed by atoms with Crippen LogP contribution >= 0.6 is 0 Å². The summed E-state index contributed by atoms with van der Waals surface area (Å²) in [6, 6.07) is 40.5. The zero-order valence-electron chi connectivity index (χ0n) is 26.3. The largest absolute Gasteiger partial charge is 0.489 e. The molecule has 1 saturated heterocycles. The predicted molar refractivity (Wildman–Crippen MR) is 181 cm³/mol. The molecule has 7 nitrogen and oxygen atoms in total. The van der Waals surface area contributed by atoms with Gasteiger partial charge in [0.15, 0.2) is 0 Å². The number of anilines is 1. The van der Waals surface area contributed by atoms with Crippen LogP contribution in [-0.2, 0) is 16.1 Å². The number of benzene rings is 5. The molecule has 0 saturated carbocycles. The van der Waals surface area contributed by atoms with Crippen LogP contribution in [-0.4, -0.2) is 28.6 Å². The number of hydrogen-bond donors (Lipinski definition) is 2. The minimum atomic E-state index is -0.836. The summed E-state index contributed by atoms with van der Waals surface area (Å²) < 4.78 is 25.4. The Balaban J connectivity index is 1.34. The fourth-order valence-corrected chi connectivity index (χ4v) is 6.03. The van der Waals surface area contributed by atoms with Crippen molar-refractivity contribution < 1.29 is 28.6 Å². The molecule has 8 heteroatoms. The predicted octanol–water partition coefficient (Wildman–Crippen LogP) is 8.41. The van der Waals surface area contributed by atoms with Crippen LogP contribution < -0.4 is 10.1 Å². The molecule has 0 spiro atoms. The van der Waals surface area contributed by atoms with E-state index in [9.17, 15) is 19.1 Å². The summed E-state index contributed by atoms with van der Waals surface area (Å²) in [7, 11) is 0. The third-order valence-electron chi connectivity index (χ3n) is 8.60. The number of halogens is 1. The summed E-state index contributed by atoms with van der Waals surface area (Å²) >= 11 is 0. The van der Waals surface area contributed by atoms with Crippen molar-refractivity contribution in [1.82, 2.24) is 4.90 Å². The topological polar surface area (TPSA) is 88.1 Å². The Kier molecular flexibility index (Phi) is 10.4. The number of aliphatic hydroxyl groups is 1. The highest BCUT2D eigenvalue weighted by atomic mass is 19.1. The van der Waals surface area contributed by atoms with E-state index >= 15 is 0 Å². The van der Waals surface area contributed by atoms with Gasteiger partial charge in [-0.3, -0.25) is 4.79 Å². The average molecular weight is 645 g/mol. The minimum Gasteiger partial charge on any atom is -0.489 e. The van der Waals surface area contributed by atoms with Gasteiger partial charge in [0.1, 0.15) is 30.8 Å². The molecule has 0 radical (unpaired) electrons. The highest BCUT2D eigenvalue weighted by Gasteiger charge is 2.44. The van der Waals surface area contributed by atoms with Crippen LogP contribution in [0.3, 0.4) is 0 Å². The maximum atomic E-state index is 14.7. The Labute approximate surface area is 279 Å². The molecule has 5 aromatic carbocycles. The lowest BCUT2D eigenvalue weighted by Crippen LogP contribution is -2.42. The average Bonchev–Trinajstić information content (AvgIpc) is 3.53. The van der Waals surface area contributed by atoms with E-state index in [4.69, 9.17) is 9.47 Å². The number of nitrogens with zero attached hydrogens (tertiary/aromatic N) is 1. The SMILES string of the molecule is O=C1OC[C@H](c2ccccc2)N1C(=O)[C@H](CC[C@H](O)c1ccccc1)[C@H](Nc1ccc(F)cc1)c1ccc(OCc2ccccc2)cc1. The molecule has 0 bridgehead atoms. The number of cyclic esters (lactones) is 1. The molecule has 1 heterocycles. The third-order valence-corrected chi connectivity index (χ3v) is 8.60. The van der Waals surface area contributed by atoms with Gasteiger partial charge in [-0.15, -0.1) is 0 Å². The molecule has 48 heavy (non-hydrogen) atoms. The maximum Gasteiger partial charge on any atom is 0.417 e. The lowest BCUT2D eigenvalue weighted by Gasteiger charge is -2.32. The number of nitrogens with one attached hydrogen (secondary N) is 1. The van der Waals surface area contributed by atoms with E-state index in [1.807, 2.05) is 115 Å². The summed E-state index contributed by atoms with van der Waals surface area (Å²) in [5.41, 5.74) is 3.89. The second-order valence-electron chi connectivity index (χ2n) is 11.8. The first-order chi connectivity index (χ1) is 23.5. The van der Waals surface area contributed by atoms with Crippen LogP contribution in [0.25, 0.3) is 0 Å². The summed E-state index contributed by atoms with van der Waals surface area (Å²) in [5, 5.41) is 14.6. The maximum absolute atomic E-state index is 14.7. The number of imide groups is 1. The van der Waals surface area contributed by atoms with E-state index in [0.29, 0.717) is 18.0 Å². The number of carbonyl (C=O) groups is 2. The number of hydrogen-bond acceptors (Lipinski definition) is 6. The smallest absolute Gasteiger partial charge is 0.417 e. The van der Waals surface area contributed by atoms with Crippen molar-refractivity contribution in [3.8, 4) is 5.75 Å². The first-order valence-corrected chi connectivity index (χ1v) is 16.0. The number of carbonyl (C=O) groups excluding carboxylic acids is 2. The Morgan fingerprint density at radius 2 is 1.44 bits per heavy atom. The van der Waals surface area contributed by atoms with Gasteiger partial charge in [0, 0.05) is 5.69 Å². The Bertz CT molecular complexity index is 1770. The van der Waals surface area contributed by atoms with Crippen LogP contribution in [0.5, 0.6) is 5.75 Å². The summed E-state index contributed by atoms with van der Waals surface area (Å²) in [5.74, 6) is -1.00. The van der Waals surface area contributed by atoms with E-state index in [1.54, 1.807) is 12.1 Å². The van der Waals surface area contributed by atoms with E-state index < -0.39 is 36.1 Å². The first-order valence-electron chi connectivity index (χ1n) is 16.0. The monoisotopic (exact) mass is 644 g/mol. The molecule has 4 atom stereocenters. The van der Waals surface area contributed by atoms with E-state index in [2.05, 4.69) is 5.32 Å². The Morgan fingerprint density at radius 3 is 2.10 bits per heavy atom. The van der Waals surface area contributed by atoms with Gasteiger partial charge in [0.05, 0.1) is 18.1 Å². The third kappa shape index (κ3) is 7.90. The second kappa shape index (κ2) is 15.4. The van der Waals surface area contributed by atoms with Crippen LogP contribution in [0.4, 0.5) is 14.9 Å². The number of aliphatic hydroxyl groups excluding tert-OH is 1. The molecule has 0 aliphatic carbocycles. The standard InChI is InChI=1S/C40H37FN2O5/c41-32-18-20-33(21-19-32)42-38(31-16-22-34(23-17-31)47-26-28-10-4-1-5-11-28)35(24-25-37(44)30-14-8-3-9-15-30)39(45)43-36(27-48-40(43)46)29-12-6-2-7-13-29/h1-23,35-38,42,44H,24-27H2/t35-,36-,37+,38-/m1/s1. The highest BCUT2D eigenvalue weighted by Crippen LogP contribution is 2.38. The molecule has 1 aliphatic heterocycles. The van der Waals surface area contributed by atoms with Crippen LogP contribution in [0.1, 0.15) is 53.3 Å². The molecule has 0 unspecified atom stereocenters. The molecular formula is C40H37FN2O5. The van der Waals surface area contributed by atoms with E-state index in [1.165, 1.54) is 17.0 Å². The molecule has 0 aromatic heterocycles. The van der Waals surface area contributed by atoms with Gasteiger partial charge >= 0.3 is 6.09 Å². The molecular weight excluding hydrogens is 607 g/mol. The fourth-order valence-electron chi connectivity index (χ4n) is 6.03. The van der Waals surface area contributed by atoms with Gasteiger partial charge in [-0.1, -0.05) is 103 Å². The lowest BCUT2D eigenvalue weighted by atomic mass is 9.85. The summed E-state index contributed by atoms with van der Waals surface area (Å²) in [4.78, 5) is 29.1.